The highest BCUT2D eigenvalue weighted by atomic mass is 79.9. The minimum atomic E-state index is 0.556. The molecule has 0 amide bonds. The number of aromatic nitrogens is 2. The van der Waals surface area contributed by atoms with Crippen LogP contribution in [0.25, 0.3) is 16.7 Å². The van der Waals surface area contributed by atoms with Crippen LogP contribution in [0.5, 0.6) is 0 Å². The molecule has 0 saturated carbocycles. The number of alkyl halides is 1. The fourth-order valence-electron chi connectivity index (χ4n) is 2.41. The average molecular weight is 429 g/mol. The Morgan fingerprint density at radius 2 is 1.95 bits per heavy atom. The largest absolute Gasteiger partial charge is 0.296 e. The van der Waals surface area contributed by atoms with Gasteiger partial charge in [-0.2, -0.15) is 0 Å². The zero-order valence-electron chi connectivity index (χ0n) is 11.4. The molecule has 0 aliphatic rings. The van der Waals surface area contributed by atoms with Crippen LogP contribution >= 0.6 is 43.5 Å². The van der Waals surface area contributed by atoms with Gasteiger partial charge < -0.3 is 0 Å². The molecule has 2 nitrogen and oxygen atoms in total. The Kier molecular flexibility index (Phi) is 4.38. The molecule has 108 valence electrons. The molecule has 0 N–H and O–H groups in total. The molecule has 0 atom stereocenters. The van der Waals surface area contributed by atoms with Gasteiger partial charge in [-0.25, -0.2) is 4.98 Å². The normalized spacial score (nSPS) is 11.2. The van der Waals surface area contributed by atoms with Crippen LogP contribution in [-0.2, 0) is 6.42 Å². The molecular weight excluding hydrogens is 415 g/mol. The van der Waals surface area contributed by atoms with Crippen molar-refractivity contribution in [1.29, 1.82) is 0 Å². The van der Waals surface area contributed by atoms with Gasteiger partial charge in [-0.3, -0.25) is 4.57 Å². The van der Waals surface area contributed by atoms with Gasteiger partial charge in [0.25, 0.3) is 0 Å². The van der Waals surface area contributed by atoms with Crippen LogP contribution in [0.1, 0.15) is 11.4 Å². The molecule has 0 unspecified atom stereocenters. The average Bonchev–Trinajstić information content (AvgIpc) is 2.80. The molecule has 0 aliphatic carbocycles. The quantitative estimate of drug-likeness (QED) is 0.494. The first-order valence-electron chi connectivity index (χ1n) is 6.59. The number of hydrogen-bond donors (Lipinski definition) is 0. The molecule has 5 heteroatoms. The van der Waals surface area contributed by atoms with E-state index in [1.54, 1.807) is 0 Å². The summed E-state index contributed by atoms with van der Waals surface area (Å²) in [4.78, 5) is 4.72. The molecular formula is C16H13Br2ClN2. The predicted molar refractivity (Wildman–Crippen MR) is 95.6 cm³/mol. The summed E-state index contributed by atoms with van der Waals surface area (Å²) in [7, 11) is 0. The van der Waals surface area contributed by atoms with E-state index in [4.69, 9.17) is 16.6 Å². The van der Waals surface area contributed by atoms with Gasteiger partial charge >= 0.3 is 0 Å². The molecule has 0 bridgehead atoms. The molecule has 0 radical (unpaired) electrons. The minimum Gasteiger partial charge on any atom is -0.296 e. The minimum absolute atomic E-state index is 0.556. The Labute approximate surface area is 145 Å². The van der Waals surface area contributed by atoms with E-state index in [0.717, 1.165) is 37.9 Å². The summed E-state index contributed by atoms with van der Waals surface area (Å²) >= 11 is 13.0. The Bertz CT molecular complexity index is 811. The summed E-state index contributed by atoms with van der Waals surface area (Å²) in [6, 6.07) is 12.5. The van der Waals surface area contributed by atoms with Crippen molar-refractivity contribution in [3.8, 4) is 5.69 Å². The molecule has 3 rings (SSSR count). The first-order chi connectivity index (χ1) is 10.1. The molecule has 3 aromatic rings. The number of halogens is 3. The fraction of sp³-hybridized carbons (Fsp3) is 0.188. The van der Waals surface area contributed by atoms with E-state index in [0.29, 0.717) is 5.88 Å². The van der Waals surface area contributed by atoms with Crippen molar-refractivity contribution in [2.75, 3.05) is 5.88 Å². The van der Waals surface area contributed by atoms with E-state index in [2.05, 4.69) is 67.6 Å². The van der Waals surface area contributed by atoms with Crippen molar-refractivity contribution in [3.63, 3.8) is 0 Å². The molecule has 21 heavy (non-hydrogen) atoms. The van der Waals surface area contributed by atoms with Gasteiger partial charge in [-0.05, 0) is 48.9 Å². The van der Waals surface area contributed by atoms with Gasteiger partial charge in [0.2, 0.25) is 0 Å². The second-order valence-electron chi connectivity index (χ2n) is 4.87. The Hall–Kier alpha value is -0.840. The lowest BCUT2D eigenvalue weighted by molar-refractivity contribution is 0.911. The monoisotopic (exact) mass is 426 g/mol. The number of nitrogens with zero attached hydrogens (tertiary/aromatic N) is 2. The molecule has 1 heterocycles. The maximum Gasteiger partial charge on any atom is 0.115 e. The first-order valence-corrected chi connectivity index (χ1v) is 8.71. The molecule has 0 saturated heterocycles. The predicted octanol–water partition coefficient (Wildman–Crippen LogP) is 5.64. The van der Waals surface area contributed by atoms with Crippen molar-refractivity contribution < 1.29 is 0 Å². The fourth-order valence-corrected chi connectivity index (χ4v) is 3.17. The zero-order chi connectivity index (χ0) is 15.0. The van der Waals surface area contributed by atoms with Crippen molar-refractivity contribution in [3.05, 3.63) is 56.7 Å². The van der Waals surface area contributed by atoms with E-state index < -0.39 is 0 Å². The summed E-state index contributed by atoms with van der Waals surface area (Å²) in [5, 5.41) is 0. The maximum atomic E-state index is 5.94. The second-order valence-corrected chi connectivity index (χ2v) is 7.02. The van der Waals surface area contributed by atoms with Gasteiger partial charge in [0, 0.05) is 26.9 Å². The highest BCUT2D eigenvalue weighted by Gasteiger charge is 2.13. The van der Waals surface area contributed by atoms with Crippen LogP contribution in [-0.4, -0.2) is 15.4 Å². The Morgan fingerprint density at radius 3 is 2.67 bits per heavy atom. The molecule has 2 aromatic carbocycles. The Balaban J connectivity index is 2.29. The van der Waals surface area contributed by atoms with E-state index in [1.807, 2.05) is 12.1 Å². The third kappa shape index (κ3) is 2.89. The smallest absolute Gasteiger partial charge is 0.115 e. The molecule has 0 aliphatic heterocycles. The number of benzene rings is 2. The SMILES string of the molecule is Cc1cc(-n2c(CCCl)nc3ccc(Br)cc32)ccc1Br. The topological polar surface area (TPSA) is 17.8 Å². The second kappa shape index (κ2) is 6.11. The summed E-state index contributed by atoms with van der Waals surface area (Å²) < 4.78 is 4.33. The highest BCUT2D eigenvalue weighted by Crippen LogP contribution is 2.27. The Morgan fingerprint density at radius 1 is 1.14 bits per heavy atom. The number of hydrogen-bond acceptors (Lipinski definition) is 1. The standard InChI is InChI=1S/C16H13Br2ClN2/c1-10-8-12(3-4-13(10)18)21-15-9-11(17)2-5-14(15)20-16(21)6-7-19/h2-5,8-9H,6-7H2,1H3. The summed E-state index contributed by atoms with van der Waals surface area (Å²) in [5.41, 5.74) is 4.38. The van der Waals surface area contributed by atoms with E-state index in [-0.39, 0.29) is 0 Å². The van der Waals surface area contributed by atoms with Crippen molar-refractivity contribution in [1.82, 2.24) is 9.55 Å². The summed E-state index contributed by atoms with van der Waals surface area (Å²) in [6.07, 6.45) is 0.739. The lowest BCUT2D eigenvalue weighted by atomic mass is 10.2. The van der Waals surface area contributed by atoms with Gasteiger partial charge in [-0.1, -0.05) is 31.9 Å². The molecule has 1 aromatic heterocycles. The number of fused-ring (bicyclic) bond motifs is 1. The third-order valence-electron chi connectivity index (χ3n) is 3.40. The lowest BCUT2D eigenvalue weighted by Gasteiger charge is -2.10. The van der Waals surface area contributed by atoms with E-state index in [1.165, 1.54) is 5.56 Å². The van der Waals surface area contributed by atoms with E-state index in [9.17, 15) is 0 Å². The van der Waals surface area contributed by atoms with Crippen LogP contribution < -0.4 is 0 Å². The van der Waals surface area contributed by atoms with Crippen LogP contribution in [0, 0.1) is 6.92 Å². The van der Waals surface area contributed by atoms with Crippen LogP contribution in [0.15, 0.2) is 45.3 Å². The highest BCUT2D eigenvalue weighted by molar-refractivity contribution is 9.10. The van der Waals surface area contributed by atoms with Gasteiger partial charge in [0.05, 0.1) is 11.0 Å². The van der Waals surface area contributed by atoms with Gasteiger partial charge in [-0.15, -0.1) is 11.6 Å². The number of imidazole rings is 1. The summed E-state index contributed by atoms with van der Waals surface area (Å²) in [6.45, 7) is 2.09. The van der Waals surface area contributed by atoms with Crippen molar-refractivity contribution in [2.24, 2.45) is 0 Å². The van der Waals surface area contributed by atoms with Crippen molar-refractivity contribution >= 4 is 54.5 Å². The first kappa shape index (κ1) is 15.1. The molecule has 0 fully saturated rings. The van der Waals surface area contributed by atoms with Gasteiger partial charge in [0.15, 0.2) is 0 Å². The van der Waals surface area contributed by atoms with E-state index >= 15 is 0 Å². The van der Waals surface area contributed by atoms with Crippen molar-refractivity contribution in [2.45, 2.75) is 13.3 Å². The van der Waals surface area contributed by atoms with Gasteiger partial charge in [0.1, 0.15) is 5.82 Å². The number of rotatable bonds is 3. The maximum absolute atomic E-state index is 5.94. The lowest BCUT2D eigenvalue weighted by Crippen LogP contribution is -2.02. The molecule has 0 spiro atoms. The van der Waals surface area contributed by atoms with Crippen LogP contribution in [0.4, 0.5) is 0 Å². The van der Waals surface area contributed by atoms with Crippen LogP contribution in [0.2, 0.25) is 0 Å². The third-order valence-corrected chi connectivity index (χ3v) is 4.98. The zero-order valence-corrected chi connectivity index (χ0v) is 15.3. The number of aryl methyl sites for hydroxylation is 2. The van der Waals surface area contributed by atoms with Crippen LogP contribution in [0.3, 0.4) is 0 Å². The summed E-state index contributed by atoms with van der Waals surface area (Å²) in [5.74, 6) is 1.54.